The van der Waals surface area contributed by atoms with Crippen molar-refractivity contribution < 1.29 is 19.1 Å². The highest BCUT2D eigenvalue weighted by molar-refractivity contribution is 8.01. The molecule has 0 saturated carbocycles. The lowest BCUT2D eigenvalue weighted by molar-refractivity contribution is -0.133. The van der Waals surface area contributed by atoms with Crippen LogP contribution in [-0.4, -0.2) is 29.0 Å². The molecule has 0 radical (unpaired) electrons. The number of rotatable bonds is 7. The highest BCUT2D eigenvalue weighted by Gasteiger charge is 2.48. The highest BCUT2D eigenvalue weighted by Crippen LogP contribution is 2.41. The first-order valence-electron chi connectivity index (χ1n) is 11.1. The van der Waals surface area contributed by atoms with Gasteiger partial charge in [0, 0.05) is 17.4 Å². The number of Topliss-reactive ketones (excluding diaryl/α,β-unsaturated/α-hetero) is 1. The first kappa shape index (κ1) is 24.4. The molecule has 0 spiro atoms. The molecule has 36 heavy (non-hydrogen) atoms. The summed E-state index contributed by atoms with van der Waals surface area (Å²) in [4.78, 5) is 32.2. The molecule has 182 valence electrons. The van der Waals surface area contributed by atoms with Crippen molar-refractivity contribution in [1.29, 1.82) is 0 Å². The number of carbonyl (C=O) groups is 2. The molecule has 4 aromatic rings. The number of ketones is 1. The lowest BCUT2D eigenvalue weighted by atomic mass is 9.79. The summed E-state index contributed by atoms with van der Waals surface area (Å²) in [5, 5.41) is 6.56. The SMILES string of the molecule is COc1ccc(Oc2cccc(C3(c4ccsc4)CC(=O)C(Sc4ccccc4Cl)C(=O)N3)n2)cc1. The minimum absolute atomic E-state index is 0.0522. The van der Waals surface area contributed by atoms with Gasteiger partial charge in [0.05, 0.1) is 17.8 Å². The fourth-order valence-electron chi connectivity index (χ4n) is 4.06. The Kier molecular flexibility index (Phi) is 7.00. The molecule has 5 rings (SSSR count). The molecule has 2 aromatic carbocycles. The lowest BCUT2D eigenvalue weighted by Gasteiger charge is -2.39. The fourth-order valence-corrected chi connectivity index (χ4v) is 6.04. The quantitative estimate of drug-likeness (QED) is 0.288. The van der Waals surface area contributed by atoms with Gasteiger partial charge in [0.2, 0.25) is 11.8 Å². The van der Waals surface area contributed by atoms with Gasteiger partial charge in [0.1, 0.15) is 22.3 Å². The van der Waals surface area contributed by atoms with E-state index in [9.17, 15) is 9.59 Å². The van der Waals surface area contributed by atoms with Gasteiger partial charge in [0.25, 0.3) is 0 Å². The van der Waals surface area contributed by atoms with Crippen LogP contribution in [0.25, 0.3) is 0 Å². The Labute approximate surface area is 221 Å². The zero-order chi connectivity index (χ0) is 25.1. The Morgan fingerprint density at radius 3 is 2.50 bits per heavy atom. The average Bonchev–Trinajstić information content (AvgIpc) is 3.44. The molecule has 0 aliphatic carbocycles. The van der Waals surface area contributed by atoms with Crippen LogP contribution >= 0.6 is 34.7 Å². The molecular formula is C27H21ClN2O4S2. The van der Waals surface area contributed by atoms with Crippen molar-refractivity contribution in [3.63, 3.8) is 0 Å². The van der Waals surface area contributed by atoms with Crippen molar-refractivity contribution in [1.82, 2.24) is 10.3 Å². The van der Waals surface area contributed by atoms with E-state index in [-0.39, 0.29) is 18.1 Å². The van der Waals surface area contributed by atoms with Crippen LogP contribution in [0.2, 0.25) is 5.02 Å². The number of thioether (sulfide) groups is 1. The Balaban J connectivity index is 1.46. The van der Waals surface area contributed by atoms with E-state index in [1.165, 1.54) is 11.3 Å². The van der Waals surface area contributed by atoms with Gasteiger partial charge in [-0.1, -0.05) is 29.8 Å². The number of pyridine rings is 1. The third-order valence-corrected chi connectivity index (χ3v) is 8.29. The molecule has 2 atom stereocenters. The molecule has 1 aliphatic rings. The summed E-state index contributed by atoms with van der Waals surface area (Å²) in [6.07, 6.45) is 0.0522. The second-order valence-electron chi connectivity index (χ2n) is 8.12. The molecule has 1 aliphatic heterocycles. The third kappa shape index (κ3) is 4.84. The smallest absolute Gasteiger partial charge is 0.242 e. The summed E-state index contributed by atoms with van der Waals surface area (Å²) in [7, 11) is 1.60. The summed E-state index contributed by atoms with van der Waals surface area (Å²) in [5.74, 6) is 1.07. The first-order chi connectivity index (χ1) is 17.5. The Morgan fingerprint density at radius 1 is 1.03 bits per heavy atom. The molecule has 1 amide bonds. The summed E-state index contributed by atoms with van der Waals surface area (Å²) in [5.41, 5.74) is 0.213. The number of ether oxygens (including phenoxy) is 2. The maximum Gasteiger partial charge on any atom is 0.242 e. The average molecular weight is 537 g/mol. The molecule has 2 unspecified atom stereocenters. The van der Waals surface area contributed by atoms with Gasteiger partial charge in [-0.2, -0.15) is 11.3 Å². The van der Waals surface area contributed by atoms with E-state index in [4.69, 9.17) is 26.1 Å². The maximum atomic E-state index is 13.4. The molecule has 6 nitrogen and oxygen atoms in total. The Hall–Kier alpha value is -3.33. The highest BCUT2D eigenvalue weighted by atomic mass is 35.5. The van der Waals surface area contributed by atoms with Crippen LogP contribution in [0.3, 0.4) is 0 Å². The third-order valence-electron chi connectivity index (χ3n) is 5.84. The second-order valence-corrected chi connectivity index (χ2v) is 10.5. The molecule has 1 saturated heterocycles. The minimum atomic E-state index is -1.11. The molecule has 3 heterocycles. The topological polar surface area (TPSA) is 77.5 Å². The number of piperidine rings is 1. The maximum absolute atomic E-state index is 13.4. The predicted octanol–water partition coefficient (Wildman–Crippen LogP) is 6.09. The van der Waals surface area contributed by atoms with E-state index in [1.807, 2.05) is 29.0 Å². The van der Waals surface area contributed by atoms with Crippen LogP contribution in [0.4, 0.5) is 0 Å². The normalized spacial score (nSPS) is 19.6. The summed E-state index contributed by atoms with van der Waals surface area (Å²) < 4.78 is 11.2. The Bertz CT molecular complexity index is 1380. The van der Waals surface area contributed by atoms with E-state index < -0.39 is 10.8 Å². The van der Waals surface area contributed by atoms with Crippen molar-refractivity contribution in [3.8, 4) is 17.4 Å². The van der Waals surface area contributed by atoms with Gasteiger partial charge in [-0.05, 0) is 64.9 Å². The first-order valence-corrected chi connectivity index (χ1v) is 13.3. The van der Waals surface area contributed by atoms with Gasteiger partial charge in [-0.25, -0.2) is 4.98 Å². The van der Waals surface area contributed by atoms with Crippen LogP contribution in [0.15, 0.2) is 88.5 Å². The van der Waals surface area contributed by atoms with Crippen LogP contribution in [0.5, 0.6) is 17.4 Å². The molecule has 2 aromatic heterocycles. The number of methoxy groups -OCH3 is 1. The predicted molar refractivity (Wildman–Crippen MR) is 141 cm³/mol. The number of thiophene rings is 1. The second kappa shape index (κ2) is 10.3. The van der Waals surface area contributed by atoms with Gasteiger partial charge >= 0.3 is 0 Å². The van der Waals surface area contributed by atoms with Gasteiger partial charge < -0.3 is 14.8 Å². The number of aromatic nitrogens is 1. The largest absolute Gasteiger partial charge is 0.497 e. The van der Waals surface area contributed by atoms with Gasteiger partial charge in [0.15, 0.2) is 5.78 Å². The van der Waals surface area contributed by atoms with Crippen LogP contribution in [0, 0.1) is 0 Å². The fraction of sp³-hybridized carbons (Fsp3) is 0.148. The van der Waals surface area contributed by atoms with Crippen LogP contribution in [0.1, 0.15) is 17.7 Å². The number of hydrogen-bond acceptors (Lipinski definition) is 7. The number of hydrogen-bond donors (Lipinski definition) is 1. The number of benzene rings is 2. The zero-order valence-corrected chi connectivity index (χ0v) is 21.5. The number of carbonyl (C=O) groups excluding carboxylic acids is 2. The standard InChI is InChI=1S/C27H21ClN2O4S2/c1-33-18-9-11-19(12-10-18)34-24-8-4-7-23(29-24)27(17-13-14-35-16-17)15-21(31)25(26(32)30-27)36-22-6-3-2-5-20(22)28/h2-14,16,25H,15H2,1H3,(H,30,32). The van der Waals surface area contributed by atoms with E-state index in [0.717, 1.165) is 17.3 Å². The molecule has 0 bridgehead atoms. The Morgan fingerprint density at radius 2 is 1.81 bits per heavy atom. The van der Waals surface area contributed by atoms with Crippen molar-refractivity contribution in [2.24, 2.45) is 0 Å². The summed E-state index contributed by atoms with van der Waals surface area (Å²) in [6, 6.07) is 21.6. The van der Waals surface area contributed by atoms with Gasteiger partial charge in [-0.3, -0.25) is 9.59 Å². The number of nitrogens with zero attached hydrogens (tertiary/aromatic N) is 1. The monoisotopic (exact) mass is 536 g/mol. The van der Waals surface area contributed by atoms with E-state index in [1.54, 1.807) is 61.7 Å². The zero-order valence-electron chi connectivity index (χ0n) is 19.1. The van der Waals surface area contributed by atoms with Crippen molar-refractivity contribution >= 4 is 46.4 Å². The van der Waals surface area contributed by atoms with Gasteiger partial charge in [-0.15, -0.1) is 11.8 Å². The van der Waals surface area contributed by atoms with Crippen LogP contribution < -0.4 is 14.8 Å². The molecule has 1 fully saturated rings. The van der Waals surface area contributed by atoms with Crippen molar-refractivity contribution in [2.75, 3.05) is 7.11 Å². The molecule has 9 heteroatoms. The minimum Gasteiger partial charge on any atom is -0.497 e. The van der Waals surface area contributed by atoms with E-state index >= 15 is 0 Å². The number of amides is 1. The van der Waals surface area contributed by atoms with E-state index in [0.29, 0.717) is 33.0 Å². The number of halogens is 1. The van der Waals surface area contributed by atoms with Crippen molar-refractivity contribution in [2.45, 2.75) is 22.1 Å². The molecule has 1 N–H and O–H groups in total. The van der Waals surface area contributed by atoms with E-state index in [2.05, 4.69) is 5.32 Å². The van der Waals surface area contributed by atoms with Crippen molar-refractivity contribution in [3.05, 3.63) is 99.8 Å². The van der Waals surface area contributed by atoms with Crippen LogP contribution in [-0.2, 0) is 15.1 Å². The lowest BCUT2D eigenvalue weighted by Crippen LogP contribution is -2.58. The summed E-state index contributed by atoms with van der Waals surface area (Å²) in [6.45, 7) is 0. The molecular weight excluding hydrogens is 516 g/mol. The number of nitrogens with one attached hydrogen (secondary N) is 1. The summed E-state index contributed by atoms with van der Waals surface area (Å²) >= 11 is 8.93.